The van der Waals surface area contributed by atoms with E-state index >= 15 is 0 Å². The Morgan fingerprint density at radius 3 is 2.80 bits per heavy atom. The molecule has 1 rings (SSSR count). The molecule has 0 aromatic carbocycles. The second kappa shape index (κ2) is 3.15. The maximum absolute atomic E-state index is 11.2. The van der Waals surface area contributed by atoms with Gasteiger partial charge in [-0.15, -0.1) is 0 Å². The summed E-state index contributed by atoms with van der Waals surface area (Å²) in [5.41, 5.74) is 0. The van der Waals surface area contributed by atoms with Crippen LogP contribution in [0.3, 0.4) is 0 Å². The van der Waals surface area contributed by atoms with Crippen molar-refractivity contribution in [2.45, 2.75) is 26.2 Å². The number of ketones is 1. The SMILES string of the molecule is CC1CCC[C@@H](CO)C1=O. The van der Waals surface area contributed by atoms with Gasteiger partial charge >= 0.3 is 0 Å². The second-order valence-corrected chi connectivity index (χ2v) is 3.11. The molecular weight excluding hydrogens is 128 g/mol. The van der Waals surface area contributed by atoms with Gasteiger partial charge < -0.3 is 5.11 Å². The normalized spacial score (nSPS) is 34.4. The molecule has 0 bridgehead atoms. The first kappa shape index (κ1) is 7.73. The highest BCUT2D eigenvalue weighted by Crippen LogP contribution is 2.24. The van der Waals surface area contributed by atoms with Crippen LogP contribution in [0, 0.1) is 11.8 Å². The van der Waals surface area contributed by atoms with E-state index in [-0.39, 0.29) is 24.2 Å². The van der Waals surface area contributed by atoms with Gasteiger partial charge in [0.05, 0.1) is 6.61 Å². The van der Waals surface area contributed by atoms with Crippen molar-refractivity contribution in [1.82, 2.24) is 0 Å². The van der Waals surface area contributed by atoms with Crippen LogP contribution < -0.4 is 0 Å². The Kier molecular flexibility index (Phi) is 2.44. The third-order valence-corrected chi connectivity index (χ3v) is 2.30. The van der Waals surface area contributed by atoms with Crippen LogP contribution in [0.5, 0.6) is 0 Å². The van der Waals surface area contributed by atoms with Gasteiger partial charge in [-0.2, -0.15) is 0 Å². The van der Waals surface area contributed by atoms with Gasteiger partial charge in [0, 0.05) is 11.8 Å². The molecule has 0 aromatic rings. The summed E-state index contributed by atoms with van der Waals surface area (Å²) in [5, 5.41) is 8.76. The van der Waals surface area contributed by atoms with Gasteiger partial charge in [0.25, 0.3) is 0 Å². The summed E-state index contributed by atoms with van der Waals surface area (Å²) in [7, 11) is 0. The van der Waals surface area contributed by atoms with Gasteiger partial charge in [-0.3, -0.25) is 4.79 Å². The van der Waals surface area contributed by atoms with E-state index in [0.717, 1.165) is 19.3 Å². The van der Waals surface area contributed by atoms with Gasteiger partial charge in [0.15, 0.2) is 0 Å². The minimum atomic E-state index is -0.0521. The number of aliphatic hydroxyl groups excluding tert-OH is 1. The van der Waals surface area contributed by atoms with E-state index in [1.807, 2.05) is 6.92 Å². The van der Waals surface area contributed by atoms with Crippen LogP contribution in [-0.2, 0) is 4.79 Å². The topological polar surface area (TPSA) is 37.3 Å². The van der Waals surface area contributed by atoms with Crippen molar-refractivity contribution in [1.29, 1.82) is 0 Å². The zero-order valence-electron chi connectivity index (χ0n) is 6.34. The van der Waals surface area contributed by atoms with E-state index in [1.54, 1.807) is 0 Å². The van der Waals surface area contributed by atoms with Gasteiger partial charge in [0.2, 0.25) is 0 Å². The van der Waals surface area contributed by atoms with Crippen LogP contribution in [0.1, 0.15) is 26.2 Å². The molecule has 1 aliphatic rings. The lowest BCUT2D eigenvalue weighted by atomic mass is 9.82. The summed E-state index contributed by atoms with van der Waals surface area (Å²) >= 11 is 0. The smallest absolute Gasteiger partial charge is 0.141 e. The Balaban J connectivity index is 2.51. The van der Waals surface area contributed by atoms with Crippen molar-refractivity contribution in [3.63, 3.8) is 0 Å². The molecule has 2 heteroatoms. The van der Waals surface area contributed by atoms with E-state index in [2.05, 4.69) is 0 Å². The molecule has 1 aliphatic carbocycles. The Labute approximate surface area is 61.2 Å². The fraction of sp³-hybridized carbons (Fsp3) is 0.875. The number of aliphatic hydroxyl groups is 1. The highest BCUT2D eigenvalue weighted by Gasteiger charge is 2.26. The van der Waals surface area contributed by atoms with Crippen molar-refractivity contribution < 1.29 is 9.90 Å². The highest BCUT2D eigenvalue weighted by atomic mass is 16.3. The van der Waals surface area contributed by atoms with Crippen molar-refractivity contribution >= 4 is 5.78 Å². The standard InChI is InChI=1S/C8H14O2/c1-6-3-2-4-7(5-9)8(6)10/h6-7,9H,2-5H2,1H3/t6?,7-/m0/s1. The predicted octanol–water partition coefficient (Wildman–Crippen LogP) is 0.984. The first-order valence-corrected chi connectivity index (χ1v) is 3.90. The lowest BCUT2D eigenvalue weighted by Crippen LogP contribution is -2.28. The fourth-order valence-electron chi connectivity index (χ4n) is 1.54. The number of hydrogen-bond acceptors (Lipinski definition) is 2. The molecule has 0 heterocycles. The summed E-state index contributed by atoms with van der Waals surface area (Å²) in [5.74, 6) is 0.392. The maximum Gasteiger partial charge on any atom is 0.141 e. The zero-order chi connectivity index (χ0) is 7.56. The Morgan fingerprint density at radius 2 is 2.30 bits per heavy atom. The average molecular weight is 142 g/mol. The summed E-state index contributed by atoms with van der Waals surface area (Å²) in [6, 6.07) is 0. The van der Waals surface area contributed by atoms with E-state index in [4.69, 9.17) is 5.11 Å². The molecule has 1 N–H and O–H groups in total. The molecule has 1 saturated carbocycles. The van der Waals surface area contributed by atoms with Gasteiger partial charge in [0.1, 0.15) is 5.78 Å². The largest absolute Gasteiger partial charge is 0.396 e. The number of Topliss-reactive ketones (excluding diaryl/α,β-unsaturated/α-hetero) is 1. The summed E-state index contributed by atoms with van der Waals surface area (Å²) < 4.78 is 0. The van der Waals surface area contributed by atoms with Crippen LogP contribution in [0.2, 0.25) is 0 Å². The lowest BCUT2D eigenvalue weighted by molar-refractivity contribution is -0.129. The van der Waals surface area contributed by atoms with E-state index in [9.17, 15) is 4.79 Å². The third kappa shape index (κ3) is 1.37. The maximum atomic E-state index is 11.2. The first-order chi connectivity index (χ1) is 4.75. The molecular formula is C8H14O2. The number of carbonyl (C=O) groups excluding carboxylic acids is 1. The number of rotatable bonds is 1. The molecule has 1 fully saturated rings. The zero-order valence-corrected chi connectivity index (χ0v) is 6.34. The molecule has 10 heavy (non-hydrogen) atoms. The second-order valence-electron chi connectivity index (χ2n) is 3.11. The molecule has 1 unspecified atom stereocenters. The molecule has 0 amide bonds. The minimum Gasteiger partial charge on any atom is -0.396 e. The molecule has 0 aromatic heterocycles. The molecule has 2 nitrogen and oxygen atoms in total. The minimum absolute atomic E-state index is 0.0448. The molecule has 58 valence electrons. The van der Waals surface area contributed by atoms with E-state index in [1.165, 1.54) is 0 Å². The fourth-order valence-corrected chi connectivity index (χ4v) is 1.54. The van der Waals surface area contributed by atoms with Crippen LogP contribution in [0.4, 0.5) is 0 Å². The van der Waals surface area contributed by atoms with Crippen molar-refractivity contribution in [2.24, 2.45) is 11.8 Å². The van der Waals surface area contributed by atoms with Gasteiger partial charge in [-0.05, 0) is 12.8 Å². The number of hydrogen-bond donors (Lipinski definition) is 1. The summed E-state index contributed by atoms with van der Waals surface area (Å²) in [6.45, 7) is 1.99. The first-order valence-electron chi connectivity index (χ1n) is 3.90. The highest BCUT2D eigenvalue weighted by molar-refractivity contribution is 5.83. The molecule has 0 radical (unpaired) electrons. The Bertz CT molecular complexity index is 131. The summed E-state index contributed by atoms with van der Waals surface area (Å²) in [6.07, 6.45) is 2.99. The van der Waals surface area contributed by atoms with E-state index < -0.39 is 0 Å². The lowest BCUT2D eigenvalue weighted by Gasteiger charge is -2.23. The Hall–Kier alpha value is -0.370. The average Bonchev–Trinajstić information content (AvgIpc) is 1.95. The Morgan fingerprint density at radius 1 is 1.60 bits per heavy atom. The molecule has 0 spiro atoms. The van der Waals surface area contributed by atoms with Crippen LogP contribution in [0.15, 0.2) is 0 Å². The monoisotopic (exact) mass is 142 g/mol. The van der Waals surface area contributed by atoms with Crippen molar-refractivity contribution in [3.05, 3.63) is 0 Å². The van der Waals surface area contributed by atoms with Crippen LogP contribution >= 0.6 is 0 Å². The van der Waals surface area contributed by atoms with Crippen molar-refractivity contribution in [3.8, 4) is 0 Å². The predicted molar refractivity (Wildman–Crippen MR) is 38.6 cm³/mol. The third-order valence-electron chi connectivity index (χ3n) is 2.30. The van der Waals surface area contributed by atoms with Gasteiger partial charge in [-0.1, -0.05) is 13.3 Å². The van der Waals surface area contributed by atoms with E-state index in [0.29, 0.717) is 0 Å². The molecule has 0 saturated heterocycles. The number of carbonyl (C=O) groups is 1. The summed E-state index contributed by atoms with van der Waals surface area (Å²) in [4.78, 5) is 11.2. The van der Waals surface area contributed by atoms with Crippen molar-refractivity contribution in [2.75, 3.05) is 6.61 Å². The van der Waals surface area contributed by atoms with Crippen LogP contribution in [0.25, 0.3) is 0 Å². The van der Waals surface area contributed by atoms with Gasteiger partial charge in [-0.25, -0.2) is 0 Å². The van der Waals surface area contributed by atoms with Crippen LogP contribution in [-0.4, -0.2) is 17.5 Å². The molecule has 2 atom stereocenters. The quantitative estimate of drug-likeness (QED) is 0.592. The molecule has 0 aliphatic heterocycles.